The van der Waals surface area contributed by atoms with Crippen LogP contribution >= 0.6 is 0 Å². The summed E-state index contributed by atoms with van der Waals surface area (Å²) in [4.78, 5) is 24.1. The molecule has 1 aromatic carbocycles. The molecule has 1 aromatic rings. The van der Waals surface area contributed by atoms with Crippen molar-refractivity contribution in [3.05, 3.63) is 29.8 Å². The average molecular weight is 303 g/mol. The summed E-state index contributed by atoms with van der Waals surface area (Å²) >= 11 is 0. The Morgan fingerprint density at radius 2 is 1.95 bits per heavy atom. The van der Waals surface area contributed by atoms with Crippen LogP contribution in [0.3, 0.4) is 0 Å². The number of amides is 2. The van der Waals surface area contributed by atoms with Crippen LogP contribution in [0.5, 0.6) is 0 Å². The van der Waals surface area contributed by atoms with Crippen LogP contribution in [0, 0.1) is 11.8 Å². The molecule has 0 unspecified atom stereocenters. The molecule has 0 bridgehead atoms. The van der Waals surface area contributed by atoms with E-state index in [0.717, 1.165) is 12.5 Å². The summed E-state index contributed by atoms with van der Waals surface area (Å²) < 4.78 is 0. The minimum atomic E-state index is -0.157. The first kappa shape index (κ1) is 16.5. The molecule has 5 heteroatoms. The first-order chi connectivity index (χ1) is 10.6. The van der Waals surface area contributed by atoms with E-state index in [2.05, 4.69) is 16.0 Å². The molecule has 3 N–H and O–H groups in total. The molecular formula is C17H25N3O2. The standard InChI is InChI=1S/C17H25N3O2/c1-12(2)9-19-17(22)14-5-3-4-6-15(14)20-16(21)11-18-10-13-7-8-13/h3-6,12-13,18H,7-11H2,1-2H3,(H,19,22)(H,20,21). The van der Waals surface area contributed by atoms with Gasteiger partial charge in [0.15, 0.2) is 0 Å². The third-order valence-corrected chi connectivity index (χ3v) is 3.53. The number of para-hydroxylation sites is 1. The molecule has 2 amide bonds. The summed E-state index contributed by atoms with van der Waals surface area (Å²) in [5.74, 6) is 0.847. The maximum absolute atomic E-state index is 12.2. The van der Waals surface area contributed by atoms with Crippen molar-refractivity contribution in [2.75, 3.05) is 25.0 Å². The van der Waals surface area contributed by atoms with Gasteiger partial charge < -0.3 is 16.0 Å². The highest BCUT2D eigenvalue weighted by Gasteiger charge is 2.20. The van der Waals surface area contributed by atoms with Crippen LogP contribution in [0.1, 0.15) is 37.0 Å². The van der Waals surface area contributed by atoms with Gasteiger partial charge in [-0.2, -0.15) is 0 Å². The van der Waals surface area contributed by atoms with Crippen molar-refractivity contribution in [1.82, 2.24) is 10.6 Å². The van der Waals surface area contributed by atoms with Gasteiger partial charge in [0.2, 0.25) is 5.91 Å². The number of carbonyl (C=O) groups excluding carboxylic acids is 2. The lowest BCUT2D eigenvalue weighted by atomic mass is 10.1. The van der Waals surface area contributed by atoms with Gasteiger partial charge in [-0.05, 0) is 43.4 Å². The number of anilines is 1. The fourth-order valence-electron chi connectivity index (χ4n) is 2.09. The fraction of sp³-hybridized carbons (Fsp3) is 0.529. The van der Waals surface area contributed by atoms with Gasteiger partial charge in [-0.15, -0.1) is 0 Å². The van der Waals surface area contributed by atoms with E-state index in [9.17, 15) is 9.59 Å². The minimum absolute atomic E-state index is 0.121. The summed E-state index contributed by atoms with van der Waals surface area (Å²) in [6.45, 7) is 5.87. The molecule has 0 aromatic heterocycles. The Hall–Kier alpha value is -1.88. The van der Waals surface area contributed by atoms with Crippen LogP contribution in [-0.2, 0) is 4.79 Å². The molecule has 0 aliphatic heterocycles. The molecule has 120 valence electrons. The zero-order chi connectivity index (χ0) is 15.9. The molecule has 0 atom stereocenters. The maximum atomic E-state index is 12.2. The van der Waals surface area contributed by atoms with Crippen LogP contribution in [0.25, 0.3) is 0 Å². The normalized spacial score (nSPS) is 14.0. The van der Waals surface area contributed by atoms with Crippen molar-refractivity contribution < 1.29 is 9.59 Å². The third kappa shape index (κ3) is 5.48. The number of hydrogen-bond acceptors (Lipinski definition) is 3. The second-order valence-electron chi connectivity index (χ2n) is 6.27. The lowest BCUT2D eigenvalue weighted by Gasteiger charge is -2.12. The molecule has 0 spiro atoms. The maximum Gasteiger partial charge on any atom is 0.253 e. The number of nitrogens with one attached hydrogen (secondary N) is 3. The Labute approximate surface area is 131 Å². The van der Waals surface area contributed by atoms with Crippen molar-refractivity contribution in [3.8, 4) is 0 Å². The first-order valence-electron chi connectivity index (χ1n) is 7.94. The van der Waals surface area contributed by atoms with E-state index in [-0.39, 0.29) is 18.4 Å². The Balaban J connectivity index is 1.88. The fourth-order valence-corrected chi connectivity index (χ4v) is 2.09. The monoisotopic (exact) mass is 303 g/mol. The lowest BCUT2D eigenvalue weighted by molar-refractivity contribution is -0.115. The quantitative estimate of drug-likeness (QED) is 0.688. The Kier molecular flexibility index (Phi) is 5.95. The summed E-state index contributed by atoms with van der Waals surface area (Å²) in [6.07, 6.45) is 2.51. The SMILES string of the molecule is CC(C)CNC(=O)c1ccccc1NC(=O)CNCC1CC1. The molecule has 0 saturated heterocycles. The van der Waals surface area contributed by atoms with Gasteiger partial charge in [-0.3, -0.25) is 9.59 Å². The smallest absolute Gasteiger partial charge is 0.253 e. The second-order valence-corrected chi connectivity index (χ2v) is 6.27. The molecule has 0 radical (unpaired) electrons. The molecule has 5 nitrogen and oxygen atoms in total. The van der Waals surface area contributed by atoms with Crippen molar-refractivity contribution in [2.45, 2.75) is 26.7 Å². The highest BCUT2D eigenvalue weighted by molar-refractivity contribution is 6.04. The van der Waals surface area contributed by atoms with Crippen molar-refractivity contribution in [1.29, 1.82) is 0 Å². The highest BCUT2D eigenvalue weighted by Crippen LogP contribution is 2.27. The first-order valence-corrected chi connectivity index (χ1v) is 7.94. The van der Waals surface area contributed by atoms with Gasteiger partial charge in [-0.25, -0.2) is 0 Å². The van der Waals surface area contributed by atoms with Gasteiger partial charge in [0.05, 0.1) is 17.8 Å². The zero-order valence-corrected chi connectivity index (χ0v) is 13.3. The predicted octanol–water partition coefficient (Wildman–Crippen LogP) is 2.01. The molecule has 2 rings (SSSR count). The Bertz CT molecular complexity index is 524. The minimum Gasteiger partial charge on any atom is -0.352 e. The van der Waals surface area contributed by atoms with Crippen molar-refractivity contribution in [2.24, 2.45) is 11.8 Å². The van der Waals surface area contributed by atoms with Crippen molar-refractivity contribution >= 4 is 17.5 Å². The van der Waals surface area contributed by atoms with Crippen LogP contribution in [0.15, 0.2) is 24.3 Å². The highest BCUT2D eigenvalue weighted by atomic mass is 16.2. The van der Waals surface area contributed by atoms with Crippen LogP contribution in [0.2, 0.25) is 0 Å². The van der Waals surface area contributed by atoms with Gasteiger partial charge in [0.1, 0.15) is 0 Å². The molecule has 1 aliphatic carbocycles. The lowest BCUT2D eigenvalue weighted by Crippen LogP contribution is -2.31. The summed E-state index contributed by atoms with van der Waals surface area (Å²) in [6, 6.07) is 7.09. The van der Waals surface area contributed by atoms with Crippen molar-refractivity contribution in [3.63, 3.8) is 0 Å². The van der Waals surface area contributed by atoms with Gasteiger partial charge in [-0.1, -0.05) is 26.0 Å². The van der Waals surface area contributed by atoms with E-state index < -0.39 is 0 Å². The summed E-state index contributed by atoms with van der Waals surface area (Å²) in [5.41, 5.74) is 1.06. The van der Waals surface area contributed by atoms with E-state index in [0.29, 0.717) is 23.7 Å². The van der Waals surface area contributed by atoms with Crippen LogP contribution in [-0.4, -0.2) is 31.4 Å². The Morgan fingerprint density at radius 3 is 2.64 bits per heavy atom. The summed E-state index contributed by atoms with van der Waals surface area (Å²) in [7, 11) is 0. The molecule has 0 heterocycles. The van der Waals surface area contributed by atoms with E-state index in [1.165, 1.54) is 12.8 Å². The Morgan fingerprint density at radius 1 is 1.23 bits per heavy atom. The van der Waals surface area contributed by atoms with Gasteiger partial charge in [0, 0.05) is 6.54 Å². The zero-order valence-electron chi connectivity index (χ0n) is 13.3. The topological polar surface area (TPSA) is 70.2 Å². The largest absolute Gasteiger partial charge is 0.352 e. The van der Waals surface area contributed by atoms with E-state index in [1.54, 1.807) is 18.2 Å². The third-order valence-electron chi connectivity index (χ3n) is 3.53. The number of benzene rings is 1. The molecular weight excluding hydrogens is 278 g/mol. The average Bonchev–Trinajstić information content (AvgIpc) is 3.29. The number of hydrogen-bond donors (Lipinski definition) is 3. The van der Waals surface area contributed by atoms with Gasteiger partial charge in [0.25, 0.3) is 5.91 Å². The second kappa shape index (κ2) is 7.94. The molecule has 1 fully saturated rings. The number of carbonyl (C=O) groups is 2. The van der Waals surface area contributed by atoms with E-state index in [4.69, 9.17) is 0 Å². The van der Waals surface area contributed by atoms with Crippen LogP contribution < -0.4 is 16.0 Å². The van der Waals surface area contributed by atoms with E-state index in [1.807, 2.05) is 19.9 Å². The molecule has 1 saturated carbocycles. The predicted molar refractivity (Wildman–Crippen MR) is 87.8 cm³/mol. The van der Waals surface area contributed by atoms with Crippen LogP contribution in [0.4, 0.5) is 5.69 Å². The number of rotatable bonds is 8. The van der Waals surface area contributed by atoms with Gasteiger partial charge >= 0.3 is 0 Å². The molecule has 22 heavy (non-hydrogen) atoms. The van der Waals surface area contributed by atoms with E-state index >= 15 is 0 Å². The summed E-state index contributed by atoms with van der Waals surface area (Å²) in [5, 5.41) is 8.83. The molecule has 1 aliphatic rings.